The lowest BCUT2D eigenvalue weighted by Gasteiger charge is -2.06. The molecule has 0 aliphatic heterocycles. The maximum atomic E-state index is 11.8. The fourth-order valence-corrected chi connectivity index (χ4v) is 1.75. The zero-order valence-electron chi connectivity index (χ0n) is 9.94. The molecule has 1 aromatic rings. The molecule has 1 rings (SSSR count). The van der Waals surface area contributed by atoms with E-state index >= 15 is 0 Å². The highest BCUT2D eigenvalue weighted by atomic mass is 79.9. The first-order chi connectivity index (χ1) is 9.00. The van der Waals surface area contributed by atoms with Gasteiger partial charge in [-0.05, 0) is 27.6 Å². The third kappa shape index (κ3) is 6.04. The normalized spacial score (nSPS) is 10.9. The number of halogens is 3. The van der Waals surface area contributed by atoms with Crippen molar-refractivity contribution in [3.8, 4) is 0 Å². The van der Waals surface area contributed by atoms with E-state index in [1.807, 2.05) is 0 Å². The standard InChI is InChI=1S/C11H13BrF2N2O3/c12-9-2-1-8(5-10(9)16(17)18)6-15-3-4-19-7-11(13)14/h1-2,5,11,15H,3-4,6-7H2. The molecule has 0 spiro atoms. The quantitative estimate of drug-likeness (QED) is 0.449. The molecule has 1 aromatic carbocycles. The molecule has 0 saturated carbocycles. The van der Waals surface area contributed by atoms with Crippen molar-refractivity contribution >= 4 is 21.6 Å². The van der Waals surface area contributed by atoms with Crippen LogP contribution in [0.3, 0.4) is 0 Å². The molecule has 5 nitrogen and oxygen atoms in total. The summed E-state index contributed by atoms with van der Waals surface area (Å²) in [5, 5.41) is 13.7. The van der Waals surface area contributed by atoms with Crippen molar-refractivity contribution in [2.75, 3.05) is 19.8 Å². The van der Waals surface area contributed by atoms with Gasteiger partial charge >= 0.3 is 0 Å². The van der Waals surface area contributed by atoms with Gasteiger partial charge in [-0.15, -0.1) is 0 Å². The summed E-state index contributed by atoms with van der Waals surface area (Å²) >= 11 is 3.09. The molecule has 0 unspecified atom stereocenters. The Morgan fingerprint density at radius 1 is 1.47 bits per heavy atom. The predicted octanol–water partition coefficient (Wildman–Crippen LogP) is 2.73. The summed E-state index contributed by atoms with van der Waals surface area (Å²) in [5.41, 5.74) is 0.733. The molecule has 0 bridgehead atoms. The number of benzene rings is 1. The first-order valence-electron chi connectivity index (χ1n) is 5.50. The Hall–Kier alpha value is -1.12. The minimum Gasteiger partial charge on any atom is -0.374 e. The second-order valence-electron chi connectivity index (χ2n) is 3.69. The van der Waals surface area contributed by atoms with Crippen LogP contribution in [0, 0.1) is 10.1 Å². The second kappa shape index (κ2) is 8.13. The monoisotopic (exact) mass is 338 g/mol. The van der Waals surface area contributed by atoms with Crippen molar-refractivity contribution in [1.82, 2.24) is 5.32 Å². The fourth-order valence-electron chi connectivity index (χ4n) is 1.36. The molecule has 0 atom stereocenters. The highest BCUT2D eigenvalue weighted by Gasteiger charge is 2.11. The lowest BCUT2D eigenvalue weighted by molar-refractivity contribution is -0.385. The van der Waals surface area contributed by atoms with Gasteiger partial charge in [0.2, 0.25) is 0 Å². The number of hydrogen-bond donors (Lipinski definition) is 1. The highest BCUT2D eigenvalue weighted by molar-refractivity contribution is 9.10. The van der Waals surface area contributed by atoms with Crippen LogP contribution in [0.2, 0.25) is 0 Å². The minimum absolute atomic E-state index is 0.00625. The van der Waals surface area contributed by atoms with Crippen LogP contribution < -0.4 is 5.32 Å². The Morgan fingerprint density at radius 2 is 2.21 bits per heavy atom. The number of hydrogen-bond acceptors (Lipinski definition) is 4. The largest absolute Gasteiger partial charge is 0.374 e. The molecule has 0 aliphatic rings. The SMILES string of the molecule is O=[N+]([O-])c1cc(CNCCOCC(F)F)ccc1Br. The van der Waals surface area contributed by atoms with E-state index in [9.17, 15) is 18.9 Å². The van der Waals surface area contributed by atoms with E-state index in [-0.39, 0.29) is 12.3 Å². The molecule has 0 heterocycles. The predicted molar refractivity (Wildman–Crippen MR) is 69.3 cm³/mol. The lowest BCUT2D eigenvalue weighted by atomic mass is 10.2. The van der Waals surface area contributed by atoms with Gasteiger partial charge in [0.05, 0.1) is 16.0 Å². The zero-order chi connectivity index (χ0) is 14.3. The number of nitro groups is 1. The first kappa shape index (κ1) is 15.9. The molecule has 1 N–H and O–H groups in total. The third-order valence-electron chi connectivity index (χ3n) is 2.20. The van der Waals surface area contributed by atoms with Crippen LogP contribution in [-0.2, 0) is 11.3 Å². The second-order valence-corrected chi connectivity index (χ2v) is 4.54. The number of ether oxygens (including phenoxy) is 1. The summed E-state index contributed by atoms with van der Waals surface area (Å²) in [7, 11) is 0. The summed E-state index contributed by atoms with van der Waals surface area (Å²) in [6.07, 6.45) is -2.46. The molecule has 8 heteroatoms. The van der Waals surface area contributed by atoms with E-state index in [0.717, 1.165) is 5.56 Å². The Balaban J connectivity index is 2.34. The summed E-state index contributed by atoms with van der Waals surface area (Å²) in [5.74, 6) is 0. The van der Waals surface area contributed by atoms with E-state index in [0.29, 0.717) is 17.6 Å². The van der Waals surface area contributed by atoms with Gasteiger partial charge in [-0.1, -0.05) is 6.07 Å². The van der Waals surface area contributed by atoms with Crippen molar-refractivity contribution in [2.45, 2.75) is 13.0 Å². The van der Waals surface area contributed by atoms with Gasteiger partial charge in [0.1, 0.15) is 6.61 Å². The van der Waals surface area contributed by atoms with Crippen LogP contribution in [0.1, 0.15) is 5.56 Å². The van der Waals surface area contributed by atoms with Crippen LogP contribution in [0.25, 0.3) is 0 Å². The average molecular weight is 339 g/mol. The maximum Gasteiger partial charge on any atom is 0.283 e. The van der Waals surface area contributed by atoms with Crippen molar-refractivity contribution in [3.05, 3.63) is 38.3 Å². The summed E-state index contributed by atoms with van der Waals surface area (Å²) in [6.45, 7) is 0.400. The lowest BCUT2D eigenvalue weighted by Crippen LogP contribution is -2.20. The zero-order valence-corrected chi connectivity index (χ0v) is 11.5. The molecule has 0 amide bonds. The number of nitrogens with one attached hydrogen (secondary N) is 1. The topological polar surface area (TPSA) is 64.4 Å². The van der Waals surface area contributed by atoms with Crippen molar-refractivity contribution in [3.63, 3.8) is 0 Å². The van der Waals surface area contributed by atoms with E-state index < -0.39 is 18.0 Å². The van der Waals surface area contributed by atoms with Gasteiger partial charge in [-0.2, -0.15) is 0 Å². The smallest absolute Gasteiger partial charge is 0.283 e. The molecular formula is C11H13BrF2N2O3. The number of rotatable bonds is 8. The molecular weight excluding hydrogens is 326 g/mol. The first-order valence-corrected chi connectivity index (χ1v) is 6.29. The van der Waals surface area contributed by atoms with Crippen molar-refractivity contribution in [1.29, 1.82) is 0 Å². The van der Waals surface area contributed by atoms with Crippen LogP contribution in [0.4, 0.5) is 14.5 Å². The van der Waals surface area contributed by atoms with Crippen LogP contribution >= 0.6 is 15.9 Å². The van der Waals surface area contributed by atoms with Gasteiger partial charge < -0.3 is 10.1 Å². The highest BCUT2D eigenvalue weighted by Crippen LogP contribution is 2.25. The van der Waals surface area contributed by atoms with E-state index in [1.165, 1.54) is 6.07 Å². The van der Waals surface area contributed by atoms with Gasteiger partial charge in [-0.3, -0.25) is 10.1 Å². The molecule has 106 valence electrons. The number of nitrogens with zero attached hydrogens (tertiary/aromatic N) is 1. The third-order valence-corrected chi connectivity index (χ3v) is 2.87. The summed E-state index contributed by atoms with van der Waals surface area (Å²) < 4.78 is 28.6. The van der Waals surface area contributed by atoms with Crippen LogP contribution in [0.15, 0.2) is 22.7 Å². The Labute approximate surface area is 117 Å². The Bertz CT molecular complexity index is 432. The minimum atomic E-state index is -2.46. The van der Waals surface area contributed by atoms with Crippen LogP contribution in [-0.4, -0.2) is 31.1 Å². The van der Waals surface area contributed by atoms with Gasteiger partial charge in [0, 0.05) is 19.2 Å². The van der Waals surface area contributed by atoms with E-state index in [1.54, 1.807) is 12.1 Å². The molecule has 0 fully saturated rings. The molecule has 0 aliphatic carbocycles. The van der Waals surface area contributed by atoms with E-state index in [2.05, 4.69) is 26.0 Å². The van der Waals surface area contributed by atoms with Crippen LogP contribution in [0.5, 0.6) is 0 Å². The van der Waals surface area contributed by atoms with Gasteiger partial charge in [-0.25, -0.2) is 8.78 Å². The molecule has 19 heavy (non-hydrogen) atoms. The molecule has 0 saturated heterocycles. The van der Waals surface area contributed by atoms with Crippen molar-refractivity contribution in [2.24, 2.45) is 0 Å². The number of alkyl halides is 2. The number of nitro benzene ring substituents is 1. The Kier molecular flexibility index (Phi) is 6.82. The van der Waals surface area contributed by atoms with Crippen molar-refractivity contribution < 1.29 is 18.4 Å². The molecule has 0 radical (unpaired) electrons. The van der Waals surface area contributed by atoms with Gasteiger partial charge in [0.15, 0.2) is 0 Å². The maximum absolute atomic E-state index is 11.8. The Morgan fingerprint density at radius 3 is 2.84 bits per heavy atom. The van der Waals surface area contributed by atoms with Gasteiger partial charge in [0.25, 0.3) is 12.1 Å². The molecule has 0 aromatic heterocycles. The summed E-state index contributed by atoms with van der Waals surface area (Å²) in [6, 6.07) is 4.80. The average Bonchev–Trinajstić information content (AvgIpc) is 2.34. The fraction of sp³-hybridized carbons (Fsp3) is 0.455. The summed E-state index contributed by atoms with van der Waals surface area (Å²) in [4.78, 5) is 10.2. The van der Waals surface area contributed by atoms with E-state index in [4.69, 9.17) is 0 Å².